The van der Waals surface area contributed by atoms with Crippen LogP contribution in [-0.2, 0) is 25.9 Å². The largest absolute Gasteiger partial charge is 0.392 e. The molecule has 0 bridgehead atoms. The van der Waals surface area contributed by atoms with Gasteiger partial charge in [-0.3, -0.25) is 4.98 Å². The first-order valence-electron chi connectivity index (χ1n) is 20.8. The lowest BCUT2D eigenvalue weighted by Crippen LogP contribution is -1.83. The molecular formula is C55H65BrClN3OS. The lowest BCUT2D eigenvalue weighted by molar-refractivity contribution is 0.282. The maximum absolute atomic E-state index is 8.70. The van der Waals surface area contributed by atoms with E-state index in [1.165, 1.54) is 39.1 Å². The number of pyridine rings is 1. The summed E-state index contributed by atoms with van der Waals surface area (Å²) in [6.45, 7) is 16.6. The minimum Gasteiger partial charge on any atom is -0.392 e. The van der Waals surface area contributed by atoms with Crippen molar-refractivity contribution in [2.75, 3.05) is 0 Å². The van der Waals surface area contributed by atoms with Crippen molar-refractivity contribution in [3.8, 4) is 0 Å². The second-order valence-corrected chi connectivity index (χ2v) is 16.0. The lowest BCUT2D eigenvalue weighted by Gasteiger charge is -1.97. The van der Waals surface area contributed by atoms with Crippen molar-refractivity contribution in [1.82, 2.24) is 15.0 Å². The van der Waals surface area contributed by atoms with E-state index in [0.717, 1.165) is 39.4 Å². The summed E-state index contributed by atoms with van der Waals surface area (Å²) in [6.07, 6.45) is 8.62. The fourth-order valence-electron chi connectivity index (χ4n) is 4.53. The van der Waals surface area contributed by atoms with Gasteiger partial charge in [0.15, 0.2) is 0 Å². The summed E-state index contributed by atoms with van der Waals surface area (Å²) in [5.41, 5.74) is 8.65. The first-order chi connectivity index (χ1) is 30.0. The third-order valence-corrected chi connectivity index (χ3v) is 10.1. The molecule has 0 atom stereocenters. The van der Waals surface area contributed by atoms with E-state index in [0.29, 0.717) is 0 Å². The molecule has 8 rings (SSSR count). The molecule has 326 valence electrons. The van der Waals surface area contributed by atoms with Crippen molar-refractivity contribution in [2.45, 2.75) is 81.3 Å². The molecule has 0 aliphatic carbocycles. The van der Waals surface area contributed by atoms with Gasteiger partial charge in [0.2, 0.25) is 0 Å². The van der Waals surface area contributed by atoms with Crippen LogP contribution in [-0.4, -0.2) is 20.1 Å². The monoisotopic (exact) mass is 929 g/mol. The summed E-state index contributed by atoms with van der Waals surface area (Å²) in [7, 11) is 0. The van der Waals surface area contributed by atoms with Gasteiger partial charge >= 0.3 is 0 Å². The Kier molecular flexibility index (Phi) is 32.2. The summed E-state index contributed by atoms with van der Waals surface area (Å²) in [6, 6.07) is 56.6. The molecule has 7 heteroatoms. The summed E-state index contributed by atoms with van der Waals surface area (Å²) < 4.78 is 1.14. The molecule has 1 N–H and O–H groups in total. The van der Waals surface area contributed by atoms with Crippen LogP contribution in [0, 0.1) is 34.6 Å². The second kappa shape index (κ2) is 36.4. The Balaban J connectivity index is 0.000000355. The fourth-order valence-corrected chi connectivity index (χ4v) is 5.58. The maximum atomic E-state index is 8.70. The maximum Gasteiger partial charge on any atom is 0.125 e. The molecule has 3 heterocycles. The molecule has 62 heavy (non-hydrogen) atoms. The van der Waals surface area contributed by atoms with Crippen LogP contribution in [0.2, 0.25) is 5.02 Å². The molecule has 0 amide bonds. The number of aliphatic hydroxyl groups is 1. The lowest BCUT2D eigenvalue weighted by atomic mass is 10.1. The molecule has 0 aliphatic rings. The van der Waals surface area contributed by atoms with E-state index in [2.05, 4.69) is 132 Å². The van der Waals surface area contributed by atoms with Crippen LogP contribution in [0.1, 0.15) is 70.5 Å². The van der Waals surface area contributed by atoms with Crippen LogP contribution in [0.4, 0.5) is 0 Å². The topological polar surface area (TPSA) is 58.9 Å². The highest BCUT2D eigenvalue weighted by molar-refractivity contribution is 9.10. The molecule has 0 saturated heterocycles. The van der Waals surface area contributed by atoms with Crippen molar-refractivity contribution < 1.29 is 5.11 Å². The number of rotatable bonds is 4. The van der Waals surface area contributed by atoms with E-state index in [1.54, 1.807) is 24.7 Å². The van der Waals surface area contributed by atoms with E-state index in [9.17, 15) is 0 Å². The molecule has 0 aliphatic heterocycles. The number of aromatic nitrogens is 3. The molecule has 3 aromatic heterocycles. The molecular weight excluding hydrogens is 866 g/mol. The number of thiophene rings is 1. The van der Waals surface area contributed by atoms with Crippen molar-refractivity contribution >= 4 is 38.9 Å². The number of aliphatic hydroxyl groups excluding tert-OH is 1. The summed E-state index contributed by atoms with van der Waals surface area (Å²) >= 11 is 10.8. The van der Waals surface area contributed by atoms with Crippen molar-refractivity contribution in [1.29, 1.82) is 0 Å². The van der Waals surface area contributed by atoms with E-state index in [-0.39, 0.29) is 6.61 Å². The summed E-state index contributed by atoms with van der Waals surface area (Å²) in [5, 5.41) is 11.6. The predicted molar refractivity (Wildman–Crippen MR) is 273 cm³/mol. The summed E-state index contributed by atoms with van der Waals surface area (Å²) in [4.78, 5) is 13.2. The number of halogens is 2. The Labute approximate surface area is 391 Å². The van der Waals surface area contributed by atoms with Gasteiger partial charge in [-0.15, -0.1) is 11.3 Å². The third-order valence-electron chi connectivity index (χ3n) is 8.26. The first kappa shape index (κ1) is 54.8. The van der Waals surface area contributed by atoms with Gasteiger partial charge in [0.05, 0.1) is 6.61 Å². The van der Waals surface area contributed by atoms with Gasteiger partial charge in [-0.05, 0) is 124 Å². The van der Waals surface area contributed by atoms with Crippen molar-refractivity contribution in [2.24, 2.45) is 0 Å². The standard InChI is InChI=1S/C9H12O.C8H10.C7H7Br.C7H7Cl.C7H8.C6H7N.C6H8S.C5H6N2/c1-2-8-3-5-9(7-10)6-4-8;1-2-8-6-4-3-5-7-8;2*1-6-2-4-7(8)5-3-6;1-7-5-3-2-4-6-7;1-6-4-2-3-5-7-6;1-2-6-4-3-5-7-6;1-5-6-3-2-4-7-5/h3-6,10H,2,7H2,1H3;3-7H,2H2,1H3;2*2-5H,1H3;2-6H,1H3;2-5H,1H3;3-5H,2H2,1H3;2-4H,1H3. The summed E-state index contributed by atoms with van der Waals surface area (Å²) in [5.74, 6) is 0.822. The van der Waals surface area contributed by atoms with Gasteiger partial charge in [0.25, 0.3) is 0 Å². The SMILES string of the molecule is CCc1ccc(CO)cc1.CCc1ccccc1.CCc1cccs1.Cc1ccc(Br)cc1.Cc1ccc(Cl)cc1.Cc1ccccc1.Cc1ccccn1.Cc1ncccn1. The first-order valence-corrected chi connectivity index (χ1v) is 22.9. The van der Waals surface area contributed by atoms with Gasteiger partial charge in [0, 0.05) is 38.7 Å². The van der Waals surface area contributed by atoms with E-state index in [1.807, 2.05) is 135 Å². The fraction of sp³-hybridized carbons (Fsp3) is 0.218. The minimum atomic E-state index is 0.143. The van der Waals surface area contributed by atoms with Crippen LogP contribution < -0.4 is 0 Å². The van der Waals surface area contributed by atoms with Crippen LogP contribution >= 0.6 is 38.9 Å². The molecule has 4 nitrogen and oxygen atoms in total. The van der Waals surface area contributed by atoms with Crippen LogP contribution in [0.3, 0.4) is 0 Å². The average Bonchev–Trinajstić information content (AvgIpc) is 3.86. The smallest absolute Gasteiger partial charge is 0.125 e. The Morgan fingerprint density at radius 2 is 0.935 bits per heavy atom. The molecule has 0 fully saturated rings. The van der Waals surface area contributed by atoms with Crippen LogP contribution in [0.15, 0.2) is 198 Å². The Hall–Kier alpha value is -5.24. The van der Waals surface area contributed by atoms with Crippen molar-refractivity contribution in [3.05, 3.63) is 253 Å². The predicted octanol–water partition coefficient (Wildman–Crippen LogP) is 15.9. The van der Waals surface area contributed by atoms with Gasteiger partial charge in [-0.25, -0.2) is 9.97 Å². The Morgan fingerprint density at radius 1 is 0.468 bits per heavy atom. The van der Waals surface area contributed by atoms with Gasteiger partial charge in [-0.2, -0.15) is 0 Å². The van der Waals surface area contributed by atoms with Gasteiger partial charge < -0.3 is 5.11 Å². The Morgan fingerprint density at radius 3 is 1.24 bits per heavy atom. The number of aryl methyl sites for hydroxylation is 8. The molecule has 5 aromatic carbocycles. The number of benzene rings is 5. The van der Waals surface area contributed by atoms with E-state index in [4.69, 9.17) is 16.7 Å². The van der Waals surface area contributed by atoms with Gasteiger partial charge in [0.1, 0.15) is 5.82 Å². The molecule has 8 aromatic rings. The molecule has 0 saturated carbocycles. The second-order valence-electron chi connectivity index (χ2n) is 13.6. The van der Waals surface area contributed by atoms with Gasteiger partial charge in [-0.1, -0.05) is 186 Å². The minimum absolute atomic E-state index is 0.143. The number of hydrogen-bond acceptors (Lipinski definition) is 5. The van der Waals surface area contributed by atoms with Crippen LogP contribution in [0.25, 0.3) is 0 Å². The highest BCUT2D eigenvalue weighted by Crippen LogP contribution is 2.10. The third kappa shape index (κ3) is 30.7. The molecule has 0 unspecified atom stereocenters. The Bertz CT molecular complexity index is 1960. The zero-order chi connectivity index (χ0) is 45.6. The molecule has 0 radical (unpaired) electrons. The highest BCUT2D eigenvalue weighted by atomic mass is 79.9. The zero-order valence-electron chi connectivity index (χ0n) is 37.8. The normalized spacial score (nSPS) is 9.15. The van der Waals surface area contributed by atoms with E-state index < -0.39 is 0 Å². The van der Waals surface area contributed by atoms with Crippen LogP contribution in [0.5, 0.6) is 0 Å². The van der Waals surface area contributed by atoms with Crippen molar-refractivity contribution in [3.63, 3.8) is 0 Å². The zero-order valence-corrected chi connectivity index (χ0v) is 40.9. The average molecular weight is 932 g/mol. The van der Waals surface area contributed by atoms with E-state index >= 15 is 0 Å². The molecule has 0 spiro atoms. The quantitative estimate of drug-likeness (QED) is 0.191. The number of hydrogen-bond donors (Lipinski definition) is 1. The number of nitrogens with zero attached hydrogens (tertiary/aromatic N) is 3. The highest BCUT2D eigenvalue weighted by Gasteiger charge is 1.89.